The van der Waals surface area contributed by atoms with E-state index in [9.17, 15) is 19.7 Å². The minimum Gasteiger partial charge on any atom is -0.372 e. The largest absolute Gasteiger partial charge is 0.372 e. The predicted octanol–water partition coefficient (Wildman–Crippen LogP) is 3.14. The Kier molecular flexibility index (Phi) is 6.17. The van der Waals surface area contributed by atoms with Gasteiger partial charge >= 0.3 is 0 Å². The van der Waals surface area contributed by atoms with Crippen LogP contribution in [0, 0.1) is 10.1 Å². The number of morpholine rings is 1. The third-order valence-electron chi connectivity index (χ3n) is 5.03. The molecule has 1 aliphatic rings. The number of carbonyl (C=O) groups is 2. The van der Waals surface area contributed by atoms with Gasteiger partial charge in [0.05, 0.1) is 22.7 Å². The van der Waals surface area contributed by atoms with Crippen LogP contribution in [0.3, 0.4) is 0 Å². The summed E-state index contributed by atoms with van der Waals surface area (Å²) in [5.74, 6) is -0.679. The van der Waals surface area contributed by atoms with Gasteiger partial charge in [0.2, 0.25) is 0 Å². The summed E-state index contributed by atoms with van der Waals surface area (Å²) >= 11 is 0. The number of benzene rings is 2. The summed E-state index contributed by atoms with van der Waals surface area (Å²) in [5, 5.41) is 11.5. The number of nitro groups is 1. The molecule has 1 fully saturated rings. The van der Waals surface area contributed by atoms with Crippen LogP contribution in [0.1, 0.15) is 40.1 Å². The third kappa shape index (κ3) is 4.33. The Morgan fingerprint density at radius 1 is 1.07 bits per heavy atom. The first-order valence-electron chi connectivity index (χ1n) is 9.73. The summed E-state index contributed by atoms with van der Waals surface area (Å²) in [6, 6.07) is 10.9. The molecule has 0 N–H and O–H groups in total. The van der Waals surface area contributed by atoms with Gasteiger partial charge in [0.1, 0.15) is 5.69 Å². The van der Waals surface area contributed by atoms with Crippen LogP contribution in [-0.2, 0) is 4.74 Å². The van der Waals surface area contributed by atoms with Crippen LogP contribution >= 0.6 is 0 Å². The molecule has 0 bridgehead atoms. The number of nitro benzene ring substituents is 1. The minimum atomic E-state index is -0.514. The highest BCUT2D eigenvalue weighted by molar-refractivity contribution is 6.15. The summed E-state index contributed by atoms with van der Waals surface area (Å²) in [6.45, 7) is 4.68. The molecule has 2 aromatic rings. The van der Waals surface area contributed by atoms with E-state index in [1.54, 1.807) is 60.3 Å². The summed E-state index contributed by atoms with van der Waals surface area (Å²) in [5.41, 5.74) is 0.906. The molecule has 2 atom stereocenters. The Hall–Kier alpha value is -3.26. The molecule has 8 nitrogen and oxygen atoms in total. The fraction of sp³-hybridized carbons (Fsp3) is 0.364. The second-order valence-corrected chi connectivity index (χ2v) is 7.70. The average molecular weight is 411 g/mol. The van der Waals surface area contributed by atoms with Gasteiger partial charge < -0.3 is 14.5 Å². The topological polar surface area (TPSA) is 93.0 Å². The van der Waals surface area contributed by atoms with Crippen molar-refractivity contribution in [2.75, 3.05) is 32.1 Å². The van der Waals surface area contributed by atoms with Crippen molar-refractivity contribution in [2.24, 2.45) is 0 Å². The minimum absolute atomic E-state index is 0.0956. The molecule has 0 unspecified atom stereocenters. The molecular formula is C22H25N3O5. The molecule has 0 aliphatic carbocycles. The maximum absolute atomic E-state index is 13.2. The van der Waals surface area contributed by atoms with Crippen molar-refractivity contribution in [3.63, 3.8) is 0 Å². The van der Waals surface area contributed by atoms with Crippen molar-refractivity contribution in [1.29, 1.82) is 0 Å². The van der Waals surface area contributed by atoms with Crippen molar-refractivity contribution in [1.82, 2.24) is 4.90 Å². The number of carbonyl (C=O) groups excluding carboxylic acids is 2. The highest BCUT2D eigenvalue weighted by atomic mass is 16.6. The normalized spacial score (nSPS) is 18.7. The molecule has 1 saturated heterocycles. The number of hydrogen-bond donors (Lipinski definition) is 0. The molecule has 30 heavy (non-hydrogen) atoms. The highest BCUT2D eigenvalue weighted by Crippen LogP contribution is 2.29. The zero-order valence-electron chi connectivity index (χ0n) is 17.5. The van der Waals surface area contributed by atoms with Gasteiger partial charge in [0.25, 0.3) is 11.6 Å². The number of hydrogen-bond acceptors (Lipinski definition) is 6. The van der Waals surface area contributed by atoms with E-state index in [1.807, 2.05) is 13.8 Å². The Bertz CT molecular complexity index is 978. The molecule has 1 amide bonds. The van der Waals surface area contributed by atoms with Crippen molar-refractivity contribution in [3.05, 3.63) is 69.3 Å². The Morgan fingerprint density at radius 2 is 1.67 bits per heavy atom. The number of amides is 1. The van der Waals surface area contributed by atoms with Crippen LogP contribution in [0.25, 0.3) is 0 Å². The lowest BCUT2D eigenvalue weighted by Crippen LogP contribution is -2.48. The first-order valence-corrected chi connectivity index (χ1v) is 9.73. The van der Waals surface area contributed by atoms with Crippen LogP contribution in [0.2, 0.25) is 0 Å². The maximum Gasteiger partial charge on any atom is 0.293 e. The quantitative estimate of drug-likeness (QED) is 0.426. The van der Waals surface area contributed by atoms with E-state index in [0.29, 0.717) is 18.8 Å². The number of anilines is 1. The van der Waals surface area contributed by atoms with Gasteiger partial charge in [-0.2, -0.15) is 0 Å². The van der Waals surface area contributed by atoms with E-state index in [4.69, 9.17) is 4.74 Å². The standard InChI is InChI=1S/C22H25N3O5/c1-14-12-24(13-15(2)30-14)22(27)18-8-6-5-7-17(18)21(26)16-9-10-19(23(3)4)20(11-16)25(28)29/h5-11,14-15H,12-13H2,1-4H3/t14-,15-/m0/s1. The molecular weight excluding hydrogens is 386 g/mol. The lowest BCUT2D eigenvalue weighted by Gasteiger charge is -2.35. The van der Waals surface area contributed by atoms with Gasteiger partial charge in [0.15, 0.2) is 5.78 Å². The third-order valence-corrected chi connectivity index (χ3v) is 5.03. The molecule has 158 valence electrons. The summed E-state index contributed by atoms with van der Waals surface area (Å²) in [4.78, 5) is 40.6. The van der Waals surface area contributed by atoms with E-state index in [-0.39, 0.29) is 40.5 Å². The van der Waals surface area contributed by atoms with Crippen molar-refractivity contribution in [3.8, 4) is 0 Å². The van der Waals surface area contributed by atoms with Gasteiger partial charge in [-0.3, -0.25) is 19.7 Å². The van der Waals surface area contributed by atoms with Crippen LogP contribution < -0.4 is 4.90 Å². The average Bonchev–Trinajstić information content (AvgIpc) is 2.71. The summed E-state index contributed by atoms with van der Waals surface area (Å²) in [7, 11) is 3.39. The number of rotatable bonds is 5. The van der Waals surface area contributed by atoms with Gasteiger partial charge in [-0.05, 0) is 32.0 Å². The zero-order valence-corrected chi connectivity index (χ0v) is 17.5. The molecule has 1 heterocycles. The lowest BCUT2D eigenvalue weighted by atomic mass is 9.96. The number of nitrogens with zero attached hydrogens (tertiary/aromatic N) is 3. The number of ether oxygens (including phenoxy) is 1. The fourth-order valence-corrected chi connectivity index (χ4v) is 3.73. The predicted molar refractivity (Wildman–Crippen MR) is 113 cm³/mol. The second kappa shape index (κ2) is 8.62. The molecule has 3 rings (SSSR count). The molecule has 1 aliphatic heterocycles. The van der Waals surface area contributed by atoms with Crippen LogP contribution in [0.15, 0.2) is 42.5 Å². The Balaban J connectivity index is 1.98. The van der Waals surface area contributed by atoms with Crippen LogP contribution in [0.5, 0.6) is 0 Å². The zero-order chi connectivity index (χ0) is 22.0. The maximum atomic E-state index is 13.2. The lowest BCUT2D eigenvalue weighted by molar-refractivity contribution is -0.384. The summed E-state index contributed by atoms with van der Waals surface area (Å²) < 4.78 is 5.69. The van der Waals surface area contributed by atoms with Crippen molar-refractivity contribution in [2.45, 2.75) is 26.1 Å². The first kappa shape index (κ1) is 21.4. The molecule has 0 spiro atoms. The van der Waals surface area contributed by atoms with Gasteiger partial charge in [-0.15, -0.1) is 0 Å². The first-order chi connectivity index (χ1) is 14.2. The smallest absolute Gasteiger partial charge is 0.293 e. The van der Waals surface area contributed by atoms with Gasteiger partial charge in [-0.25, -0.2) is 0 Å². The van der Waals surface area contributed by atoms with Gasteiger partial charge in [0, 0.05) is 44.4 Å². The van der Waals surface area contributed by atoms with Crippen molar-refractivity contribution < 1.29 is 19.2 Å². The van der Waals surface area contributed by atoms with E-state index in [1.165, 1.54) is 6.07 Å². The van der Waals surface area contributed by atoms with E-state index < -0.39 is 10.7 Å². The summed E-state index contributed by atoms with van der Waals surface area (Å²) in [6.07, 6.45) is -0.191. The number of ketones is 1. The second-order valence-electron chi connectivity index (χ2n) is 7.70. The molecule has 0 aromatic heterocycles. The molecule has 0 radical (unpaired) electrons. The van der Waals surface area contributed by atoms with Crippen LogP contribution in [0.4, 0.5) is 11.4 Å². The van der Waals surface area contributed by atoms with E-state index in [0.717, 1.165) is 0 Å². The van der Waals surface area contributed by atoms with Crippen LogP contribution in [-0.4, -0.2) is 60.9 Å². The molecule has 2 aromatic carbocycles. The van der Waals surface area contributed by atoms with E-state index in [2.05, 4.69) is 0 Å². The molecule has 8 heteroatoms. The SMILES string of the molecule is C[C@H]1CN(C(=O)c2ccccc2C(=O)c2ccc(N(C)C)c([N+](=O)[O-])c2)C[C@H](C)O1. The fourth-order valence-electron chi connectivity index (χ4n) is 3.73. The Labute approximate surface area is 175 Å². The molecule has 0 saturated carbocycles. The highest BCUT2D eigenvalue weighted by Gasteiger charge is 2.29. The Morgan fingerprint density at radius 3 is 2.23 bits per heavy atom. The van der Waals surface area contributed by atoms with Gasteiger partial charge in [-0.1, -0.05) is 18.2 Å². The van der Waals surface area contributed by atoms with E-state index >= 15 is 0 Å². The van der Waals surface area contributed by atoms with Crippen molar-refractivity contribution >= 4 is 23.1 Å². The monoisotopic (exact) mass is 411 g/mol.